The number of aliphatic carboxylic acids is 1. The molecular weight excluding hydrogens is 452 g/mol. The summed E-state index contributed by atoms with van der Waals surface area (Å²) in [6.07, 6.45) is -1.15. The lowest BCUT2D eigenvalue weighted by Gasteiger charge is -2.33. The van der Waals surface area contributed by atoms with E-state index in [0.29, 0.717) is 0 Å². The van der Waals surface area contributed by atoms with Crippen molar-refractivity contribution in [2.45, 2.75) is 43.7 Å². The molecule has 3 rings (SSSR count). The molecule has 1 aliphatic rings. The maximum atomic E-state index is 13.0. The van der Waals surface area contributed by atoms with E-state index in [-0.39, 0.29) is 32.1 Å². The Balaban J connectivity index is 1.69. The Hall–Kier alpha value is -3.43. The van der Waals surface area contributed by atoms with E-state index >= 15 is 0 Å². The molecule has 0 radical (unpaired) electrons. The zero-order valence-electron chi connectivity index (χ0n) is 20.2. The van der Waals surface area contributed by atoms with Gasteiger partial charge in [-0.05, 0) is 35.6 Å². The first kappa shape index (κ1) is 26.2. The summed E-state index contributed by atoms with van der Waals surface area (Å²) in [6.45, 7) is 2.65. The fraction of sp³-hybridized carbons (Fsp3) is 0.423. The molecule has 2 amide bonds. The van der Waals surface area contributed by atoms with Gasteiger partial charge in [0.15, 0.2) is 0 Å². The van der Waals surface area contributed by atoms with Gasteiger partial charge < -0.3 is 30.3 Å². The van der Waals surface area contributed by atoms with Crippen molar-refractivity contribution in [1.82, 2.24) is 10.6 Å². The van der Waals surface area contributed by atoms with Crippen LogP contribution < -0.4 is 10.6 Å². The van der Waals surface area contributed by atoms with Crippen LogP contribution in [0, 0.1) is 0 Å². The van der Waals surface area contributed by atoms with Gasteiger partial charge in [0.05, 0.1) is 18.6 Å². The van der Waals surface area contributed by atoms with Gasteiger partial charge in [-0.1, -0.05) is 55.5 Å². The number of carbonyl (C=O) groups excluding carboxylic acids is 2. The zero-order valence-corrected chi connectivity index (χ0v) is 20.2. The molecule has 2 aromatic rings. The highest BCUT2D eigenvalue weighted by molar-refractivity contribution is 5.90. The van der Waals surface area contributed by atoms with E-state index in [0.717, 1.165) is 22.3 Å². The van der Waals surface area contributed by atoms with Gasteiger partial charge in [0.2, 0.25) is 5.91 Å². The summed E-state index contributed by atoms with van der Waals surface area (Å²) in [6, 6.07) is 15.9. The van der Waals surface area contributed by atoms with Crippen LogP contribution in [0.4, 0.5) is 4.79 Å². The van der Waals surface area contributed by atoms with Crippen molar-refractivity contribution in [3.8, 4) is 11.1 Å². The van der Waals surface area contributed by atoms with Crippen molar-refractivity contribution in [3.05, 3.63) is 59.7 Å². The Morgan fingerprint density at radius 2 is 1.60 bits per heavy atom. The number of alkyl carbamates (subject to hydrolysis) is 1. The summed E-state index contributed by atoms with van der Waals surface area (Å²) >= 11 is 0. The number of amides is 2. The molecule has 4 N–H and O–H groups in total. The third-order valence-corrected chi connectivity index (χ3v) is 6.28. The van der Waals surface area contributed by atoms with Gasteiger partial charge in [0.25, 0.3) is 0 Å². The minimum atomic E-state index is -1.65. The number of ether oxygens (including phenoxy) is 2. The molecule has 0 fully saturated rings. The number of aliphatic hydroxyl groups is 1. The van der Waals surface area contributed by atoms with Crippen LogP contribution in [-0.4, -0.2) is 66.2 Å². The largest absolute Gasteiger partial charge is 0.481 e. The third kappa shape index (κ3) is 5.98. The highest BCUT2D eigenvalue weighted by Crippen LogP contribution is 2.44. The van der Waals surface area contributed by atoms with Crippen LogP contribution in [-0.2, 0) is 19.1 Å². The van der Waals surface area contributed by atoms with Crippen LogP contribution in [0.5, 0.6) is 0 Å². The third-order valence-electron chi connectivity index (χ3n) is 6.28. The van der Waals surface area contributed by atoms with Crippen LogP contribution in [0.25, 0.3) is 11.1 Å². The molecule has 0 aliphatic heterocycles. The number of methoxy groups -OCH3 is 1. The van der Waals surface area contributed by atoms with Crippen molar-refractivity contribution in [2.75, 3.05) is 26.9 Å². The normalized spacial score (nSPS) is 15.8. The number of fused-ring (bicyclic) bond motifs is 3. The lowest BCUT2D eigenvalue weighted by molar-refractivity contribution is -0.143. The van der Waals surface area contributed by atoms with Crippen molar-refractivity contribution < 1.29 is 34.1 Å². The number of hydrogen-bond donors (Lipinski definition) is 4. The number of hydrogen-bond acceptors (Lipinski definition) is 6. The Bertz CT molecular complexity index is 1040. The summed E-state index contributed by atoms with van der Waals surface area (Å²) in [5, 5.41) is 24.3. The predicted molar refractivity (Wildman–Crippen MR) is 129 cm³/mol. The van der Waals surface area contributed by atoms with E-state index in [1.807, 2.05) is 48.5 Å². The number of carbonyl (C=O) groups is 3. The van der Waals surface area contributed by atoms with Crippen molar-refractivity contribution >= 4 is 18.0 Å². The first-order valence-corrected chi connectivity index (χ1v) is 11.5. The van der Waals surface area contributed by atoms with Crippen LogP contribution in [0.2, 0.25) is 0 Å². The topological polar surface area (TPSA) is 134 Å². The van der Waals surface area contributed by atoms with Gasteiger partial charge >= 0.3 is 12.1 Å². The quantitative estimate of drug-likeness (QED) is 0.385. The Labute approximate surface area is 204 Å². The Morgan fingerprint density at radius 1 is 1.03 bits per heavy atom. The zero-order chi connectivity index (χ0) is 25.6. The fourth-order valence-corrected chi connectivity index (χ4v) is 4.41. The minimum Gasteiger partial charge on any atom is -0.481 e. The standard InChI is InChI=1S/C26H32N2O7/c1-4-26(16-34-3,23(31)27-15-25(2,33)13-22(29)30)28-24(32)35-14-21-19-11-7-5-9-17(19)18-10-6-8-12-20(18)21/h5-12,21,33H,4,13-16H2,1-3H3,(H,27,31)(H,28,32)(H,29,30). The summed E-state index contributed by atoms with van der Waals surface area (Å²) in [4.78, 5) is 36.8. The van der Waals surface area contributed by atoms with Crippen LogP contribution in [0.15, 0.2) is 48.5 Å². The van der Waals surface area contributed by atoms with E-state index in [9.17, 15) is 19.5 Å². The van der Waals surface area contributed by atoms with Gasteiger partial charge in [0.1, 0.15) is 12.1 Å². The number of carboxylic acid groups (broad SMARTS) is 1. The highest BCUT2D eigenvalue weighted by Gasteiger charge is 2.40. The summed E-state index contributed by atoms with van der Waals surface area (Å²) in [5.41, 5.74) is 1.23. The molecule has 2 atom stereocenters. The number of carboxylic acids is 1. The number of benzene rings is 2. The van der Waals surface area contributed by atoms with Gasteiger partial charge in [-0.2, -0.15) is 0 Å². The molecule has 2 unspecified atom stereocenters. The first-order valence-electron chi connectivity index (χ1n) is 11.5. The van der Waals surface area contributed by atoms with Crippen LogP contribution in [0.1, 0.15) is 43.7 Å². The lowest BCUT2D eigenvalue weighted by atomic mass is 9.95. The molecule has 0 spiro atoms. The second-order valence-corrected chi connectivity index (χ2v) is 9.07. The van der Waals surface area contributed by atoms with E-state index in [2.05, 4.69) is 10.6 Å². The van der Waals surface area contributed by atoms with Crippen molar-refractivity contribution in [3.63, 3.8) is 0 Å². The highest BCUT2D eigenvalue weighted by atomic mass is 16.5. The maximum absolute atomic E-state index is 13.0. The smallest absolute Gasteiger partial charge is 0.408 e. The van der Waals surface area contributed by atoms with Gasteiger partial charge in [-0.25, -0.2) is 4.79 Å². The van der Waals surface area contributed by atoms with Gasteiger partial charge in [-0.3, -0.25) is 9.59 Å². The molecule has 188 valence electrons. The number of rotatable bonds is 11. The summed E-state index contributed by atoms with van der Waals surface area (Å²) in [7, 11) is 1.40. The molecule has 0 bridgehead atoms. The molecule has 1 aliphatic carbocycles. The fourth-order valence-electron chi connectivity index (χ4n) is 4.41. The lowest BCUT2D eigenvalue weighted by Crippen LogP contribution is -2.62. The first-order chi connectivity index (χ1) is 16.6. The molecule has 35 heavy (non-hydrogen) atoms. The van der Waals surface area contributed by atoms with E-state index in [1.165, 1.54) is 14.0 Å². The SMILES string of the molecule is CCC(COC)(NC(=O)OCC1c2ccccc2-c2ccccc21)C(=O)NCC(C)(O)CC(=O)O. The summed E-state index contributed by atoms with van der Waals surface area (Å²) < 4.78 is 10.8. The van der Waals surface area contributed by atoms with E-state index in [1.54, 1.807) is 6.92 Å². The van der Waals surface area contributed by atoms with Crippen molar-refractivity contribution in [2.24, 2.45) is 0 Å². The minimum absolute atomic E-state index is 0.0849. The second-order valence-electron chi connectivity index (χ2n) is 9.07. The average Bonchev–Trinajstić information content (AvgIpc) is 3.14. The van der Waals surface area contributed by atoms with E-state index in [4.69, 9.17) is 14.6 Å². The Morgan fingerprint density at radius 3 is 2.11 bits per heavy atom. The molecular formula is C26H32N2O7. The van der Waals surface area contributed by atoms with Gasteiger partial charge in [-0.15, -0.1) is 0 Å². The van der Waals surface area contributed by atoms with Crippen LogP contribution >= 0.6 is 0 Å². The molecule has 2 aromatic carbocycles. The Kier molecular flexibility index (Phi) is 8.14. The van der Waals surface area contributed by atoms with Crippen molar-refractivity contribution in [1.29, 1.82) is 0 Å². The monoisotopic (exact) mass is 484 g/mol. The van der Waals surface area contributed by atoms with Gasteiger partial charge in [0, 0.05) is 19.6 Å². The second kappa shape index (κ2) is 10.9. The van der Waals surface area contributed by atoms with Crippen LogP contribution in [0.3, 0.4) is 0 Å². The maximum Gasteiger partial charge on any atom is 0.408 e. The molecule has 9 heteroatoms. The molecule has 0 saturated heterocycles. The van der Waals surface area contributed by atoms with E-state index < -0.39 is 35.5 Å². The molecule has 0 heterocycles. The summed E-state index contributed by atoms with van der Waals surface area (Å²) in [5.74, 6) is -1.94. The predicted octanol–water partition coefficient (Wildman–Crippen LogP) is 2.66. The number of nitrogens with one attached hydrogen (secondary N) is 2. The average molecular weight is 485 g/mol. The molecule has 9 nitrogen and oxygen atoms in total. The molecule has 0 aromatic heterocycles. The molecule has 0 saturated carbocycles.